The van der Waals surface area contributed by atoms with Crippen molar-refractivity contribution < 1.29 is 19.2 Å². The molecule has 1 aromatic carbocycles. The number of aromatic nitrogens is 1. The Hall–Kier alpha value is -2.85. The van der Waals surface area contributed by atoms with E-state index in [4.69, 9.17) is 5.73 Å². The van der Waals surface area contributed by atoms with Crippen molar-refractivity contribution in [1.82, 2.24) is 15.2 Å². The number of nitrogens with two attached hydrogens (primary N) is 1. The number of carbonyl (C=O) groups is 4. The molecule has 156 valence electrons. The van der Waals surface area contributed by atoms with E-state index in [2.05, 4.69) is 15.6 Å². The van der Waals surface area contributed by atoms with Crippen molar-refractivity contribution in [3.63, 3.8) is 0 Å². The molecule has 29 heavy (non-hydrogen) atoms. The number of aldehydes is 1. The van der Waals surface area contributed by atoms with Crippen molar-refractivity contribution in [2.45, 2.75) is 26.3 Å². The summed E-state index contributed by atoms with van der Waals surface area (Å²) in [6.07, 6.45) is 1.27. The molecule has 1 unspecified atom stereocenters. The highest BCUT2D eigenvalue weighted by Crippen LogP contribution is 2.26. The van der Waals surface area contributed by atoms with Gasteiger partial charge in [-0.1, -0.05) is 25.2 Å². The number of carbonyl (C=O) groups excluding carboxylic acids is 4. The van der Waals surface area contributed by atoms with E-state index < -0.39 is 23.8 Å². The molecular formula is C19H25N5O4S. The number of anilines is 1. The van der Waals surface area contributed by atoms with Crippen LogP contribution in [0.15, 0.2) is 18.2 Å². The highest BCUT2D eigenvalue weighted by atomic mass is 32.1. The van der Waals surface area contributed by atoms with Crippen molar-refractivity contribution in [2.24, 2.45) is 11.7 Å². The first-order valence-corrected chi connectivity index (χ1v) is 9.94. The van der Waals surface area contributed by atoms with Crippen LogP contribution in [0.1, 0.15) is 30.6 Å². The molecule has 0 fully saturated rings. The second kappa shape index (κ2) is 10.1. The van der Waals surface area contributed by atoms with Crippen LogP contribution in [-0.2, 0) is 14.4 Å². The summed E-state index contributed by atoms with van der Waals surface area (Å²) in [5.41, 5.74) is 6.97. The molecule has 10 heteroatoms. The Morgan fingerprint density at radius 3 is 2.69 bits per heavy atom. The lowest BCUT2D eigenvalue weighted by atomic mass is 10.0. The summed E-state index contributed by atoms with van der Waals surface area (Å²) >= 11 is 1.24. The Labute approximate surface area is 172 Å². The van der Waals surface area contributed by atoms with E-state index in [1.807, 2.05) is 13.8 Å². The molecule has 0 saturated carbocycles. The number of thiazole rings is 1. The van der Waals surface area contributed by atoms with Crippen LogP contribution in [0.4, 0.5) is 5.13 Å². The average Bonchev–Trinajstić information content (AvgIpc) is 3.05. The monoisotopic (exact) mass is 419 g/mol. The van der Waals surface area contributed by atoms with Gasteiger partial charge in [-0.05, 0) is 30.5 Å². The molecule has 0 spiro atoms. The maximum atomic E-state index is 12.2. The number of amides is 3. The standard InChI is InChI=1S/C19H25N5O4S/c1-11(2)6-13(20)18(28)21-8-17(27)24(3)9-16(26)23-19-22-14-5-4-12(10-25)7-15(14)29-19/h4-5,7,10-11,13H,6,8-9,20H2,1-3H3,(H,21,28)(H,22,23,26). The van der Waals surface area contributed by atoms with E-state index in [0.29, 0.717) is 22.6 Å². The molecule has 4 N–H and O–H groups in total. The van der Waals surface area contributed by atoms with E-state index >= 15 is 0 Å². The lowest BCUT2D eigenvalue weighted by Crippen LogP contribution is -2.46. The van der Waals surface area contributed by atoms with Crippen LogP contribution in [0, 0.1) is 5.92 Å². The minimum Gasteiger partial charge on any atom is -0.346 e. The Morgan fingerprint density at radius 2 is 2.03 bits per heavy atom. The minimum absolute atomic E-state index is 0.192. The maximum absolute atomic E-state index is 12.2. The minimum atomic E-state index is -0.671. The number of nitrogens with zero attached hydrogens (tertiary/aromatic N) is 2. The van der Waals surface area contributed by atoms with Crippen LogP contribution in [-0.4, -0.2) is 60.1 Å². The smallest absolute Gasteiger partial charge is 0.245 e. The maximum Gasteiger partial charge on any atom is 0.245 e. The summed E-state index contributed by atoms with van der Waals surface area (Å²) in [6, 6.07) is 4.37. The molecule has 1 aromatic heterocycles. The van der Waals surface area contributed by atoms with Crippen LogP contribution in [0.3, 0.4) is 0 Å². The van der Waals surface area contributed by atoms with E-state index in [-0.39, 0.29) is 19.0 Å². The van der Waals surface area contributed by atoms with Gasteiger partial charge in [0.2, 0.25) is 17.7 Å². The zero-order chi connectivity index (χ0) is 21.6. The zero-order valence-corrected chi connectivity index (χ0v) is 17.4. The highest BCUT2D eigenvalue weighted by Gasteiger charge is 2.18. The lowest BCUT2D eigenvalue weighted by Gasteiger charge is -2.18. The number of fused-ring (bicyclic) bond motifs is 1. The van der Waals surface area contributed by atoms with E-state index in [0.717, 1.165) is 11.0 Å². The first-order chi connectivity index (χ1) is 13.7. The Kier molecular flexibility index (Phi) is 7.80. The fourth-order valence-electron chi connectivity index (χ4n) is 2.57. The van der Waals surface area contributed by atoms with E-state index in [1.54, 1.807) is 18.2 Å². The Balaban J connectivity index is 1.84. The van der Waals surface area contributed by atoms with Crippen LogP contribution < -0.4 is 16.4 Å². The van der Waals surface area contributed by atoms with Crippen molar-refractivity contribution in [3.8, 4) is 0 Å². The lowest BCUT2D eigenvalue weighted by molar-refractivity contribution is -0.134. The molecule has 2 aromatic rings. The first-order valence-electron chi connectivity index (χ1n) is 9.12. The van der Waals surface area contributed by atoms with Crippen molar-refractivity contribution in [2.75, 3.05) is 25.5 Å². The fourth-order valence-corrected chi connectivity index (χ4v) is 3.50. The third kappa shape index (κ3) is 6.61. The number of nitrogens with one attached hydrogen (secondary N) is 2. The number of rotatable bonds is 9. The predicted molar refractivity (Wildman–Crippen MR) is 112 cm³/mol. The topological polar surface area (TPSA) is 134 Å². The molecular weight excluding hydrogens is 394 g/mol. The van der Waals surface area contributed by atoms with Gasteiger partial charge in [-0.25, -0.2) is 4.98 Å². The Morgan fingerprint density at radius 1 is 1.31 bits per heavy atom. The molecule has 9 nitrogen and oxygen atoms in total. The quantitative estimate of drug-likeness (QED) is 0.519. The molecule has 0 aliphatic heterocycles. The summed E-state index contributed by atoms with van der Waals surface area (Å²) in [5, 5.41) is 5.51. The van der Waals surface area contributed by atoms with Crippen molar-refractivity contribution in [1.29, 1.82) is 0 Å². The molecule has 0 aliphatic carbocycles. The van der Waals surface area contributed by atoms with Gasteiger partial charge in [-0.15, -0.1) is 0 Å². The van der Waals surface area contributed by atoms with Gasteiger partial charge in [0.15, 0.2) is 5.13 Å². The fraction of sp³-hybridized carbons (Fsp3) is 0.421. The number of benzene rings is 1. The molecule has 1 atom stereocenters. The van der Waals surface area contributed by atoms with Gasteiger partial charge in [-0.3, -0.25) is 19.2 Å². The van der Waals surface area contributed by atoms with Crippen LogP contribution in [0.25, 0.3) is 10.2 Å². The normalized spacial score (nSPS) is 11.9. The number of hydrogen-bond acceptors (Lipinski definition) is 7. The van der Waals surface area contributed by atoms with Gasteiger partial charge >= 0.3 is 0 Å². The highest BCUT2D eigenvalue weighted by molar-refractivity contribution is 7.22. The SMILES string of the molecule is CC(C)CC(N)C(=O)NCC(=O)N(C)CC(=O)Nc1nc2ccc(C=O)cc2s1. The second-order valence-corrected chi connectivity index (χ2v) is 8.15. The van der Waals surface area contributed by atoms with E-state index in [1.165, 1.54) is 23.3 Å². The average molecular weight is 420 g/mol. The van der Waals surface area contributed by atoms with Crippen LogP contribution in [0.2, 0.25) is 0 Å². The molecule has 2 rings (SSSR count). The van der Waals surface area contributed by atoms with Gasteiger partial charge in [0.25, 0.3) is 0 Å². The number of hydrogen-bond donors (Lipinski definition) is 3. The largest absolute Gasteiger partial charge is 0.346 e. The summed E-state index contributed by atoms with van der Waals surface area (Å²) in [7, 11) is 1.47. The summed E-state index contributed by atoms with van der Waals surface area (Å²) in [6.45, 7) is 3.49. The van der Waals surface area contributed by atoms with E-state index in [9.17, 15) is 19.2 Å². The summed E-state index contributed by atoms with van der Waals surface area (Å²) in [5.74, 6) is -0.956. The zero-order valence-electron chi connectivity index (χ0n) is 16.6. The van der Waals surface area contributed by atoms with Gasteiger partial charge in [0.1, 0.15) is 6.29 Å². The van der Waals surface area contributed by atoms with Gasteiger partial charge in [0, 0.05) is 12.6 Å². The van der Waals surface area contributed by atoms with Crippen LogP contribution >= 0.6 is 11.3 Å². The molecule has 0 saturated heterocycles. The first kappa shape index (κ1) is 22.4. The van der Waals surface area contributed by atoms with Crippen molar-refractivity contribution >= 4 is 50.7 Å². The van der Waals surface area contributed by atoms with Crippen LogP contribution in [0.5, 0.6) is 0 Å². The van der Waals surface area contributed by atoms with Crippen molar-refractivity contribution in [3.05, 3.63) is 23.8 Å². The third-order valence-corrected chi connectivity index (χ3v) is 5.01. The molecule has 1 heterocycles. The van der Waals surface area contributed by atoms with Gasteiger partial charge in [0.05, 0.1) is 29.3 Å². The predicted octanol–water partition coefficient (Wildman–Crippen LogP) is 0.995. The second-order valence-electron chi connectivity index (χ2n) is 7.12. The Bertz CT molecular complexity index is 911. The summed E-state index contributed by atoms with van der Waals surface area (Å²) < 4.78 is 0.773. The third-order valence-electron chi connectivity index (χ3n) is 4.08. The molecule has 0 aliphatic rings. The van der Waals surface area contributed by atoms with Gasteiger partial charge in [-0.2, -0.15) is 0 Å². The summed E-state index contributed by atoms with van der Waals surface area (Å²) in [4.78, 5) is 52.5. The molecule has 3 amide bonds. The number of likely N-dealkylation sites (N-methyl/N-ethyl adjacent to an activating group) is 1. The van der Waals surface area contributed by atoms with Gasteiger partial charge < -0.3 is 21.3 Å². The molecule has 0 radical (unpaired) electrons. The molecule has 0 bridgehead atoms.